The summed E-state index contributed by atoms with van der Waals surface area (Å²) < 4.78 is 6.96. The van der Waals surface area contributed by atoms with Crippen molar-refractivity contribution in [2.75, 3.05) is 13.7 Å². The number of hydrogen-bond acceptors (Lipinski definition) is 5. The van der Waals surface area contributed by atoms with Gasteiger partial charge in [-0.05, 0) is 38.1 Å². The summed E-state index contributed by atoms with van der Waals surface area (Å²) in [4.78, 5) is 21.7. The lowest BCUT2D eigenvalue weighted by molar-refractivity contribution is 0.0892. The number of aromatic nitrogens is 4. The van der Waals surface area contributed by atoms with Crippen molar-refractivity contribution in [3.63, 3.8) is 0 Å². The summed E-state index contributed by atoms with van der Waals surface area (Å²) in [6, 6.07) is 6.92. The summed E-state index contributed by atoms with van der Waals surface area (Å²) in [5, 5.41) is 7.15. The van der Waals surface area contributed by atoms with E-state index < -0.39 is 0 Å². The molecule has 1 unspecified atom stereocenters. The van der Waals surface area contributed by atoms with E-state index in [2.05, 4.69) is 20.4 Å². The fraction of sp³-hybridized carbons (Fsp3) is 0.333. The minimum atomic E-state index is -0.286. The summed E-state index contributed by atoms with van der Waals surface area (Å²) in [5.41, 5.74) is 4.65. The number of carbonyl (C=O) groups excluding carboxylic acids is 1. The lowest BCUT2D eigenvalue weighted by atomic mass is 10.1. The number of rotatable bonds is 5. The van der Waals surface area contributed by atoms with Crippen molar-refractivity contribution < 1.29 is 9.53 Å². The molecule has 0 fully saturated rings. The fourth-order valence-electron chi connectivity index (χ4n) is 2.71. The molecule has 0 bridgehead atoms. The maximum atomic E-state index is 12.7. The number of nitrogens with zero attached hydrogens (tertiary/aromatic N) is 4. The average molecular weight is 339 g/mol. The van der Waals surface area contributed by atoms with Crippen molar-refractivity contribution in [1.29, 1.82) is 0 Å². The molecule has 2 aromatic heterocycles. The zero-order valence-electron chi connectivity index (χ0n) is 14.8. The van der Waals surface area contributed by atoms with Gasteiger partial charge in [0.2, 0.25) is 0 Å². The predicted octanol–water partition coefficient (Wildman–Crippen LogP) is 2.10. The molecule has 0 aliphatic carbocycles. The molecule has 1 amide bonds. The minimum Gasteiger partial charge on any atom is -0.382 e. The molecule has 0 saturated carbocycles. The Morgan fingerprint density at radius 2 is 1.92 bits per heavy atom. The van der Waals surface area contributed by atoms with Gasteiger partial charge in [-0.25, -0.2) is 9.97 Å². The van der Waals surface area contributed by atoms with Gasteiger partial charge < -0.3 is 10.1 Å². The number of ether oxygens (including phenoxy) is 1. The highest BCUT2D eigenvalue weighted by atomic mass is 16.5. The Bertz CT molecular complexity index is 919. The zero-order valence-corrected chi connectivity index (χ0v) is 14.8. The Morgan fingerprint density at radius 3 is 2.56 bits per heavy atom. The van der Waals surface area contributed by atoms with Gasteiger partial charge in [-0.2, -0.15) is 5.10 Å². The van der Waals surface area contributed by atoms with Crippen molar-refractivity contribution in [1.82, 2.24) is 25.1 Å². The molecule has 3 rings (SSSR count). The van der Waals surface area contributed by atoms with Crippen LogP contribution in [-0.2, 0) is 11.8 Å². The second-order valence-corrected chi connectivity index (χ2v) is 5.96. The van der Waals surface area contributed by atoms with Gasteiger partial charge in [0.15, 0.2) is 0 Å². The highest BCUT2D eigenvalue weighted by Gasteiger charge is 2.19. The monoisotopic (exact) mass is 339 g/mol. The van der Waals surface area contributed by atoms with Crippen LogP contribution in [0.5, 0.6) is 0 Å². The van der Waals surface area contributed by atoms with Gasteiger partial charge in [-0.1, -0.05) is 0 Å². The number of methoxy groups -OCH3 is 1. The normalized spacial score (nSPS) is 12.3. The number of benzene rings is 1. The van der Waals surface area contributed by atoms with E-state index in [1.807, 2.05) is 33.0 Å². The first-order valence-corrected chi connectivity index (χ1v) is 8.02. The van der Waals surface area contributed by atoms with E-state index in [0.717, 1.165) is 22.6 Å². The molecule has 130 valence electrons. The Labute approximate surface area is 146 Å². The van der Waals surface area contributed by atoms with Gasteiger partial charge in [-0.15, -0.1) is 0 Å². The third-order valence-corrected chi connectivity index (χ3v) is 4.19. The lowest BCUT2D eigenvalue weighted by Crippen LogP contribution is -2.32. The Kier molecular flexibility index (Phi) is 4.76. The van der Waals surface area contributed by atoms with Crippen LogP contribution in [-0.4, -0.2) is 39.4 Å². The van der Waals surface area contributed by atoms with E-state index >= 15 is 0 Å². The van der Waals surface area contributed by atoms with Crippen molar-refractivity contribution in [3.8, 4) is 0 Å². The average Bonchev–Trinajstić information content (AvgIpc) is 3.01. The molecule has 2 heterocycles. The zero-order chi connectivity index (χ0) is 18.0. The third kappa shape index (κ3) is 3.51. The van der Waals surface area contributed by atoms with Crippen LogP contribution < -0.4 is 5.32 Å². The molecular weight excluding hydrogens is 318 g/mol. The summed E-state index contributed by atoms with van der Waals surface area (Å²) in [7, 11) is 3.44. The highest BCUT2D eigenvalue weighted by molar-refractivity contribution is 5.97. The van der Waals surface area contributed by atoms with Crippen molar-refractivity contribution in [3.05, 3.63) is 53.1 Å². The van der Waals surface area contributed by atoms with Crippen molar-refractivity contribution in [2.45, 2.75) is 19.9 Å². The number of carbonyl (C=O) groups is 1. The van der Waals surface area contributed by atoms with Crippen LogP contribution in [0.4, 0.5) is 0 Å². The maximum absolute atomic E-state index is 12.7. The van der Waals surface area contributed by atoms with Crippen LogP contribution in [0, 0.1) is 13.8 Å². The van der Waals surface area contributed by atoms with Crippen LogP contribution in [0.2, 0.25) is 0 Å². The second-order valence-electron chi connectivity index (χ2n) is 5.96. The van der Waals surface area contributed by atoms with Crippen LogP contribution >= 0.6 is 0 Å². The Morgan fingerprint density at radius 1 is 1.20 bits per heavy atom. The molecular formula is C18H21N5O2. The van der Waals surface area contributed by atoms with Crippen LogP contribution in [0.15, 0.2) is 30.5 Å². The lowest BCUT2D eigenvalue weighted by Gasteiger charge is -2.18. The highest BCUT2D eigenvalue weighted by Crippen LogP contribution is 2.17. The van der Waals surface area contributed by atoms with Crippen LogP contribution in [0.25, 0.3) is 11.0 Å². The Balaban J connectivity index is 1.87. The molecule has 1 atom stereocenters. The molecule has 25 heavy (non-hydrogen) atoms. The Hall–Kier alpha value is -2.80. The molecule has 0 radical (unpaired) electrons. The topological polar surface area (TPSA) is 81.9 Å². The molecule has 0 aliphatic rings. The summed E-state index contributed by atoms with van der Waals surface area (Å²) in [5.74, 6) is -0.190. The van der Waals surface area contributed by atoms with E-state index in [9.17, 15) is 4.79 Å². The number of fused-ring (bicyclic) bond motifs is 1. The molecule has 0 aliphatic heterocycles. The van der Waals surface area contributed by atoms with E-state index in [1.54, 1.807) is 30.1 Å². The minimum absolute atomic E-state index is 0.190. The van der Waals surface area contributed by atoms with E-state index in [1.165, 1.54) is 0 Å². The number of hydrogen-bond donors (Lipinski definition) is 1. The SMILES string of the molecule is COCC(NC(=O)c1ccc2nc(C)c(C)nc2c1)c1ccnn1C. The third-order valence-electron chi connectivity index (χ3n) is 4.19. The first-order valence-electron chi connectivity index (χ1n) is 8.02. The molecule has 7 nitrogen and oxygen atoms in total. The molecule has 0 spiro atoms. The van der Waals surface area contributed by atoms with Gasteiger partial charge in [0.05, 0.1) is 40.8 Å². The maximum Gasteiger partial charge on any atom is 0.251 e. The standard InChI is InChI=1S/C18H21N5O2/c1-11-12(2)21-15-9-13(5-6-14(15)20-11)18(24)22-16(10-25-4)17-7-8-19-23(17)3/h5-9,16H,10H2,1-4H3,(H,22,24). The van der Waals surface area contributed by atoms with Gasteiger partial charge in [0.25, 0.3) is 5.91 Å². The fourth-order valence-corrected chi connectivity index (χ4v) is 2.71. The van der Waals surface area contributed by atoms with Crippen molar-refractivity contribution >= 4 is 16.9 Å². The van der Waals surface area contributed by atoms with Gasteiger partial charge in [0, 0.05) is 25.9 Å². The molecule has 3 aromatic rings. The van der Waals surface area contributed by atoms with Crippen LogP contribution in [0.1, 0.15) is 33.5 Å². The number of aryl methyl sites for hydroxylation is 3. The smallest absolute Gasteiger partial charge is 0.251 e. The molecule has 0 saturated heterocycles. The quantitative estimate of drug-likeness (QED) is 0.770. The van der Waals surface area contributed by atoms with Gasteiger partial charge in [0.1, 0.15) is 0 Å². The summed E-state index contributed by atoms with van der Waals surface area (Å²) in [6.45, 7) is 4.19. The van der Waals surface area contributed by atoms with E-state index in [0.29, 0.717) is 17.7 Å². The predicted molar refractivity (Wildman–Crippen MR) is 94.3 cm³/mol. The van der Waals surface area contributed by atoms with Gasteiger partial charge in [-0.3, -0.25) is 9.48 Å². The largest absolute Gasteiger partial charge is 0.382 e. The molecule has 1 aromatic carbocycles. The molecule has 1 N–H and O–H groups in total. The van der Waals surface area contributed by atoms with Crippen LogP contribution in [0.3, 0.4) is 0 Å². The summed E-state index contributed by atoms with van der Waals surface area (Å²) in [6.07, 6.45) is 1.70. The van der Waals surface area contributed by atoms with E-state index in [4.69, 9.17) is 4.74 Å². The second kappa shape index (κ2) is 6.98. The number of amides is 1. The number of nitrogens with one attached hydrogen (secondary N) is 1. The van der Waals surface area contributed by atoms with Crippen molar-refractivity contribution in [2.24, 2.45) is 7.05 Å². The van der Waals surface area contributed by atoms with Gasteiger partial charge >= 0.3 is 0 Å². The first kappa shape index (κ1) is 17.0. The first-order chi connectivity index (χ1) is 12.0. The van der Waals surface area contributed by atoms with E-state index in [-0.39, 0.29) is 11.9 Å². The summed E-state index contributed by atoms with van der Waals surface area (Å²) >= 11 is 0. The molecule has 7 heteroatoms.